The van der Waals surface area contributed by atoms with E-state index < -0.39 is 23.5 Å². The van der Waals surface area contributed by atoms with Crippen LogP contribution in [0, 0.1) is 0 Å². The molecular formula is C26H28ClF6N3O2. The summed E-state index contributed by atoms with van der Waals surface area (Å²) in [7, 11) is 0. The van der Waals surface area contributed by atoms with Crippen molar-refractivity contribution in [2.24, 2.45) is 0 Å². The highest BCUT2D eigenvalue weighted by molar-refractivity contribution is 6.31. The third-order valence-electron chi connectivity index (χ3n) is 6.95. The lowest BCUT2D eigenvalue weighted by Gasteiger charge is -2.36. The number of piperazine rings is 1. The molecule has 1 saturated carbocycles. The zero-order valence-electron chi connectivity index (χ0n) is 20.4. The zero-order valence-corrected chi connectivity index (χ0v) is 21.2. The summed E-state index contributed by atoms with van der Waals surface area (Å²) in [5, 5.41) is 2.79. The van der Waals surface area contributed by atoms with E-state index in [9.17, 15) is 31.1 Å². The molecule has 1 heterocycles. The first-order chi connectivity index (χ1) is 17.9. The third-order valence-corrected chi connectivity index (χ3v) is 7.28. The molecule has 1 saturated heterocycles. The summed E-state index contributed by atoms with van der Waals surface area (Å²) in [6.45, 7) is 1.85. The molecule has 1 amide bonds. The standard InChI is InChI=1S/C26H28ClF6N3O2/c27-23-10-5-19(15-22(23)26(31,32)33)34-18-3-8-21(9-4-18)38-16-24(37)36-13-11-35(12-14-36)20-6-1-17(2-7-20)25(28,29)30/h1-2,5-7,10,15,18,21,34H,3-4,8-9,11-14,16H2/t18-,21+. The summed E-state index contributed by atoms with van der Waals surface area (Å²) in [6, 6.07) is 8.76. The summed E-state index contributed by atoms with van der Waals surface area (Å²) in [5.74, 6) is -0.141. The summed E-state index contributed by atoms with van der Waals surface area (Å²) < 4.78 is 83.4. The number of rotatable bonds is 6. The molecule has 0 aromatic heterocycles. The Labute approximate surface area is 221 Å². The number of carbonyl (C=O) groups excluding carboxylic acids is 1. The van der Waals surface area contributed by atoms with E-state index in [0.717, 1.165) is 18.2 Å². The Bertz CT molecular complexity index is 1090. The van der Waals surface area contributed by atoms with Crippen molar-refractivity contribution in [3.63, 3.8) is 0 Å². The van der Waals surface area contributed by atoms with E-state index in [0.29, 0.717) is 63.2 Å². The van der Waals surface area contributed by atoms with Crippen molar-refractivity contribution < 1.29 is 35.9 Å². The van der Waals surface area contributed by atoms with Crippen molar-refractivity contribution in [1.82, 2.24) is 4.90 Å². The molecule has 0 unspecified atom stereocenters. The van der Waals surface area contributed by atoms with Crippen LogP contribution in [-0.4, -0.2) is 55.7 Å². The maximum Gasteiger partial charge on any atom is 0.417 e. The van der Waals surface area contributed by atoms with Gasteiger partial charge in [0, 0.05) is 43.6 Å². The number of alkyl halides is 6. The number of nitrogens with zero attached hydrogens (tertiary/aromatic N) is 2. The van der Waals surface area contributed by atoms with Crippen LogP contribution in [0.25, 0.3) is 0 Å². The van der Waals surface area contributed by atoms with E-state index in [1.165, 1.54) is 24.3 Å². The number of anilines is 2. The minimum Gasteiger partial charge on any atom is -0.382 e. The van der Waals surface area contributed by atoms with Gasteiger partial charge in [-0.1, -0.05) is 11.6 Å². The number of ether oxygens (including phenoxy) is 1. The number of carbonyl (C=O) groups is 1. The molecule has 12 heteroatoms. The highest BCUT2D eigenvalue weighted by Crippen LogP contribution is 2.37. The predicted molar refractivity (Wildman–Crippen MR) is 132 cm³/mol. The number of amides is 1. The molecule has 4 rings (SSSR count). The van der Waals surface area contributed by atoms with Crippen molar-refractivity contribution in [3.8, 4) is 0 Å². The molecule has 0 bridgehead atoms. The van der Waals surface area contributed by atoms with E-state index >= 15 is 0 Å². The van der Waals surface area contributed by atoms with Crippen molar-refractivity contribution in [2.45, 2.75) is 50.2 Å². The van der Waals surface area contributed by atoms with Crippen LogP contribution in [0.4, 0.5) is 37.7 Å². The second kappa shape index (κ2) is 11.6. The third kappa shape index (κ3) is 7.25. The van der Waals surface area contributed by atoms with Gasteiger partial charge in [-0.25, -0.2) is 0 Å². The fourth-order valence-electron chi connectivity index (χ4n) is 4.80. The second-order valence-electron chi connectivity index (χ2n) is 9.53. The number of hydrogen-bond donors (Lipinski definition) is 1. The molecule has 0 atom stereocenters. The highest BCUT2D eigenvalue weighted by atomic mass is 35.5. The number of halogens is 7. The fraction of sp³-hybridized carbons (Fsp3) is 0.500. The van der Waals surface area contributed by atoms with Gasteiger partial charge in [0.25, 0.3) is 0 Å². The molecule has 1 aliphatic heterocycles. The Hall–Kier alpha value is -2.66. The van der Waals surface area contributed by atoms with Crippen molar-refractivity contribution >= 4 is 28.9 Å². The molecule has 1 N–H and O–H groups in total. The van der Waals surface area contributed by atoms with Gasteiger partial charge in [-0.05, 0) is 68.1 Å². The SMILES string of the molecule is O=C(CO[C@H]1CC[C@@H](Nc2ccc(Cl)c(C(F)(F)F)c2)CC1)N1CCN(c2ccc(C(F)(F)F)cc2)CC1. The van der Waals surface area contributed by atoms with Gasteiger partial charge in [0.2, 0.25) is 5.91 Å². The van der Waals surface area contributed by atoms with E-state index in [4.69, 9.17) is 16.3 Å². The molecule has 2 aromatic carbocycles. The van der Waals surface area contributed by atoms with Gasteiger partial charge in [0.15, 0.2) is 0 Å². The topological polar surface area (TPSA) is 44.8 Å². The van der Waals surface area contributed by atoms with Crippen LogP contribution in [0.15, 0.2) is 42.5 Å². The predicted octanol–water partition coefficient (Wildman–Crippen LogP) is 6.47. The summed E-state index contributed by atoms with van der Waals surface area (Å²) >= 11 is 5.68. The normalized spacial score (nSPS) is 20.9. The van der Waals surface area contributed by atoms with Crippen molar-refractivity contribution in [1.29, 1.82) is 0 Å². The Morgan fingerprint density at radius 2 is 1.53 bits per heavy atom. The molecule has 2 aromatic rings. The highest BCUT2D eigenvalue weighted by Gasteiger charge is 2.34. The lowest BCUT2D eigenvalue weighted by molar-refractivity contribution is -0.139. The van der Waals surface area contributed by atoms with Crippen molar-refractivity contribution in [2.75, 3.05) is 43.0 Å². The van der Waals surface area contributed by atoms with Gasteiger partial charge in [0.05, 0.1) is 22.3 Å². The molecule has 0 spiro atoms. The van der Waals surface area contributed by atoms with Crippen LogP contribution in [0.1, 0.15) is 36.8 Å². The van der Waals surface area contributed by atoms with E-state index in [2.05, 4.69) is 5.32 Å². The maximum absolute atomic E-state index is 13.1. The Morgan fingerprint density at radius 1 is 0.895 bits per heavy atom. The van der Waals surface area contributed by atoms with Crippen molar-refractivity contribution in [3.05, 3.63) is 58.6 Å². The Balaban J connectivity index is 1.17. The van der Waals surface area contributed by atoms with Gasteiger partial charge in [-0.2, -0.15) is 26.3 Å². The lowest BCUT2D eigenvalue weighted by atomic mass is 9.92. The quantitative estimate of drug-likeness (QED) is 0.410. The second-order valence-corrected chi connectivity index (χ2v) is 9.94. The summed E-state index contributed by atoms with van der Waals surface area (Å²) in [4.78, 5) is 16.3. The summed E-state index contributed by atoms with van der Waals surface area (Å²) in [5.41, 5.74) is -0.533. The van der Waals surface area contributed by atoms with Gasteiger partial charge in [-0.15, -0.1) is 0 Å². The summed E-state index contributed by atoms with van der Waals surface area (Å²) in [6.07, 6.45) is -6.29. The fourth-order valence-corrected chi connectivity index (χ4v) is 5.02. The Morgan fingerprint density at radius 3 is 2.11 bits per heavy atom. The van der Waals surface area contributed by atoms with Gasteiger partial charge in [0.1, 0.15) is 6.61 Å². The first-order valence-electron chi connectivity index (χ1n) is 12.3. The monoisotopic (exact) mass is 563 g/mol. The number of benzene rings is 2. The first kappa shape index (κ1) is 28.4. The van der Waals surface area contributed by atoms with E-state index in [-0.39, 0.29) is 29.7 Å². The molecule has 0 radical (unpaired) electrons. The average molecular weight is 564 g/mol. The van der Waals surface area contributed by atoms with E-state index in [1.54, 1.807) is 4.90 Å². The van der Waals surface area contributed by atoms with Crippen LogP contribution >= 0.6 is 11.6 Å². The first-order valence-corrected chi connectivity index (χ1v) is 12.7. The van der Waals surface area contributed by atoms with Gasteiger partial charge in [-0.3, -0.25) is 4.79 Å². The Kier molecular flexibility index (Phi) is 8.66. The zero-order chi connectivity index (χ0) is 27.5. The van der Waals surface area contributed by atoms with E-state index in [1.807, 2.05) is 4.90 Å². The smallest absolute Gasteiger partial charge is 0.382 e. The average Bonchev–Trinajstić information content (AvgIpc) is 2.88. The maximum atomic E-state index is 13.1. The minimum atomic E-state index is -4.53. The molecular weight excluding hydrogens is 536 g/mol. The molecule has 2 fully saturated rings. The van der Waals surface area contributed by atoms with Crippen LogP contribution < -0.4 is 10.2 Å². The largest absolute Gasteiger partial charge is 0.417 e. The molecule has 1 aliphatic carbocycles. The lowest BCUT2D eigenvalue weighted by Crippen LogP contribution is -2.50. The molecule has 208 valence electrons. The number of hydrogen-bond acceptors (Lipinski definition) is 4. The van der Waals surface area contributed by atoms with Crippen LogP contribution in [-0.2, 0) is 21.9 Å². The number of nitrogens with one attached hydrogen (secondary N) is 1. The van der Waals surface area contributed by atoms with Crippen LogP contribution in [0.3, 0.4) is 0 Å². The minimum absolute atomic E-state index is 0.00825. The van der Waals surface area contributed by atoms with Crippen LogP contribution in [0.5, 0.6) is 0 Å². The van der Waals surface area contributed by atoms with Gasteiger partial charge < -0.3 is 19.9 Å². The van der Waals surface area contributed by atoms with Gasteiger partial charge >= 0.3 is 12.4 Å². The van der Waals surface area contributed by atoms with Crippen LogP contribution in [0.2, 0.25) is 5.02 Å². The molecule has 2 aliphatic rings. The molecule has 5 nitrogen and oxygen atoms in total. The molecule has 38 heavy (non-hydrogen) atoms.